The first-order valence-corrected chi connectivity index (χ1v) is 7.80. The number of thiocarbonyl (C=S) groups is 1. The number of nitrogens with two attached hydrogens (primary N) is 1. The van der Waals surface area contributed by atoms with Gasteiger partial charge in [0.1, 0.15) is 5.41 Å². The summed E-state index contributed by atoms with van der Waals surface area (Å²) in [7, 11) is 0. The maximum Gasteiger partial charge on any atom is 0.168 e. The fourth-order valence-electron chi connectivity index (χ4n) is 3.39. The van der Waals surface area contributed by atoms with E-state index in [1.807, 2.05) is 49.4 Å². The monoisotopic (exact) mass is 320 g/mol. The molecule has 1 saturated carbocycles. The van der Waals surface area contributed by atoms with E-state index in [1.165, 1.54) is 0 Å². The Morgan fingerprint density at radius 1 is 1.17 bits per heavy atom. The molecule has 0 saturated heterocycles. The van der Waals surface area contributed by atoms with Crippen LogP contribution in [0.3, 0.4) is 0 Å². The van der Waals surface area contributed by atoms with Crippen LogP contribution in [0.5, 0.6) is 0 Å². The standard InChI is InChI=1S/C19H16N2OS/c1-12-7-5-6-10-14(12)15-16(19(15,11-20)18(21)23)17(22)13-8-3-2-4-9-13/h2-10,15-16H,1H3,(H2,21,23)/t15-,16-,19+/m1/s1. The molecular formula is C19H16N2OS. The van der Waals surface area contributed by atoms with Gasteiger partial charge in [-0.1, -0.05) is 66.8 Å². The Kier molecular flexibility index (Phi) is 3.75. The van der Waals surface area contributed by atoms with E-state index in [4.69, 9.17) is 18.0 Å². The molecule has 0 radical (unpaired) electrons. The molecule has 0 heterocycles. The molecule has 114 valence electrons. The zero-order chi connectivity index (χ0) is 16.6. The third-order valence-corrected chi connectivity index (χ3v) is 5.00. The fourth-order valence-corrected chi connectivity index (χ4v) is 3.69. The van der Waals surface area contributed by atoms with Crippen LogP contribution in [0.25, 0.3) is 0 Å². The number of nitriles is 1. The first-order chi connectivity index (χ1) is 11.0. The topological polar surface area (TPSA) is 66.9 Å². The number of nitrogens with zero attached hydrogens (tertiary/aromatic N) is 1. The number of ketones is 1. The van der Waals surface area contributed by atoms with E-state index in [1.54, 1.807) is 12.1 Å². The third-order valence-electron chi connectivity index (χ3n) is 4.66. The minimum absolute atomic E-state index is 0.0757. The van der Waals surface area contributed by atoms with Crippen LogP contribution in [0.4, 0.5) is 0 Å². The summed E-state index contributed by atoms with van der Waals surface area (Å²) in [5, 5.41) is 9.75. The minimum atomic E-state index is -1.09. The summed E-state index contributed by atoms with van der Waals surface area (Å²) in [4.78, 5) is 13.0. The van der Waals surface area contributed by atoms with Crippen molar-refractivity contribution in [2.45, 2.75) is 12.8 Å². The van der Waals surface area contributed by atoms with Gasteiger partial charge in [0, 0.05) is 11.5 Å². The van der Waals surface area contributed by atoms with Crippen molar-refractivity contribution >= 4 is 23.0 Å². The molecule has 0 spiro atoms. The molecule has 2 aromatic rings. The second kappa shape index (κ2) is 5.60. The van der Waals surface area contributed by atoms with Gasteiger partial charge in [-0.3, -0.25) is 4.79 Å². The van der Waals surface area contributed by atoms with Crippen LogP contribution in [0.2, 0.25) is 0 Å². The molecule has 3 nitrogen and oxygen atoms in total. The molecule has 2 aromatic carbocycles. The highest BCUT2D eigenvalue weighted by atomic mass is 32.1. The summed E-state index contributed by atoms with van der Waals surface area (Å²) in [6.07, 6.45) is 0. The van der Waals surface area contributed by atoms with E-state index in [-0.39, 0.29) is 16.7 Å². The molecule has 0 aromatic heterocycles. The summed E-state index contributed by atoms with van der Waals surface area (Å²) in [6.45, 7) is 1.97. The van der Waals surface area contributed by atoms with Gasteiger partial charge in [-0.2, -0.15) is 5.26 Å². The molecular weight excluding hydrogens is 304 g/mol. The maximum atomic E-state index is 12.9. The predicted octanol–water partition coefficient (Wildman–Crippen LogP) is 3.39. The van der Waals surface area contributed by atoms with E-state index < -0.39 is 11.3 Å². The minimum Gasteiger partial charge on any atom is -0.392 e. The normalized spacial score (nSPS) is 25.4. The molecule has 3 rings (SSSR count). The molecule has 1 aliphatic carbocycles. The molecule has 23 heavy (non-hydrogen) atoms. The van der Waals surface area contributed by atoms with Gasteiger partial charge in [-0.05, 0) is 18.1 Å². The summed E-state index contributed by atoms with van der Waals surface area (Å²) in [5.41, 5.74) is 7.39. The average Bonchev–Trinajstić information content (AvgIpc) is 3.25. The summed E-state index contributed by atoms with van der Waals surface area (Å²) >= 11 is 5.16. The molecule has 4 heteroatoms. The Hall–Kier alpha value is -2.51. The van der Waals surface area contributed by atoms with E-state index in [0.717, 1.165) is 11.1 Å². The van der Waals surface area contributed by atoms with Gasteiger partial charge in [-0.25, -0.2) is 0 Å². The average molecular weight is 320 g/mol. The number of hydrogen-bond donors (Lipinski definition) is 1. The summed E-state index contributed by atoms with van der Waals surface area (Å²) in [6, 6.07) is 19.0. The number of benzene rings is 2. The number of aryl methyl sites for hydroxylation is 1. The second-order valence-electron chi connectivity index (χ2n) is 5.89. The first kappa shape index (κ1) is 15.4. The van der Waals surface area contributed by atoms with Crippen molar-refractivity contribution in [3.8, 4) is 6.07 Å². The van der Waals surface area contributed by atoms with Crippen LogP contribution in [0.15, 0.2) is 54.6 Å². The van der Waals surface area contributed by atoms with E-state index in [9.17, 15) is 10.1 Å². The van der Waals surface area contributed by atoms with Crippen LogP contribution in [0.1, 0.15) is 27.4 Å². The van der Waals surface area contributed by atoms with Gasteiger partial charge in [0.25, 0.3) is 0 Å². The number of carbonyl (C=O) groups excluding carboxylic acids is 1. The van der Waals surface area contributed by atoms with Crippen LogP contribution < -0.4 is 5.73 Å². The van der Waals surface area contributed by atoms with Gasteiger partial charge >= 0.3 is 0 Å². The summed E-state index contributed by atoms with van der Waals surface area (Å²) < 4.78 is 0. The predicted molar refractivity (Wildman–Crippen MR) is 93.0 cm³/mol. The largest absolute Gasteiger partial charge is 0.392 e. The van der Waals surface area contributed by atoms with Crippen molar-refractivity contribution in [2.24, 2.45) is 17.1 Å². The van der Waals surface area contributed by atoms with Crippen molar-refractivity contribution in [1.29, 1.82) is 5.26 Å². The van der Waals surface area contributed by atoms with Crippen molar-refractivity contribution in [1.82, 2.24) is 0 Å². The SMILES string of the molecule is Cc1ccccc1[C@@H]1[C@H](C(=O)c2ccccc2)[C@@]1(C#N)C(N)=S. The van der Waals surface area contributed by atoms with Crippen LogP contribution in [-0.4, -0.2) is 10.8 Å². The van der Waals surface area contributed by atoms with Crippen LogP contribution in [-0.2, 0) is 0 Å². The van der Waals surface area contributed by atoms with Gasteiger partial charge in [0.15, 0.2) is 5.78 Å². The Morgan fingerprint density at radius 2 is 1.78 bits per heavy atom. The number of hydrogen-bond acceptors (Lipinski definition) is 3. The Labute approximate surface area is 140 Å². The number of rotatable bonds is 4. The van der Waals surface area contributed by atoms with Crippen molar-refractivity contribution in [3.05, 3.63) is 71.3 Å². The van der Waals surface area contributed by atoms with Crippen LogP contribution >= 0.6 is 12.2 Å². The molecule has 1 aliphatic rings. The third kappa shape index (κ3) is 2.25. The van der Waals surface area contributed by atoms with E-state index >= 15 is 0 Å². The highest BCUT2D eigenvalue weighted by molar-refractivity contribution is 7.80. The molecule has 1 fully saturated rings. The highest BCUT2D eigenvalue weighted by Crippen LogP contribution is 2.66. The lowest BCUT2D eigenvalue weighted by atomic mass is 9.97. The Bertz CT molecular complexity index is 825. The molecule has 0 bridgehead atoms. The molecule has 0 unspecified atom stereocenters. The zero-order valence-electron chi connectivity index (χ0n) is 12.7. The van der Waals surface area contributed by atoms with Gasteiger partial charge < -0.3 is 5.73 Å². The highest BCUT2D eigenvalue weighted by Gasteiger charge is 2.71. The quantitative estimate of drug-likeness (QED) is 0.692. The second-order valence-corrected chi connectivity index (χ2v) is 6.33. The maximum absolute atomic E-state index is 12.9. The van der Waals surface area contributed by atoms with E-state index in [0.29, 0.717) is 5.56 Å². The molecule has 0 aliphatic heterocycles. The first-order valence-electron chi connectivity index (χ1n) is 7.40. The van der Waals surface area contributed by atoms with Gasteiger partial charge in [0.2, 0.25) is 0 Å². The summed E-state index contributed by atoms with van der Waals surface area (Å²) in [5.74, 6) is -0.874. The van der Waals surface area contributed by atoms with Crippen molar-refractivity contribution < 1.29 is 4.79 Å². The Balaban J connectivity index is 2.08. The molecule has 0 amide bonds. The number of carbonyl (C=O) groups is 1. The fraction of sp³-hybridized carbons (Fsp3) is 0.211. The smallest absolute Gasteiger partial charge is 0.168 e. The van der Waals surface area contributed by atoms with Crippen molar-refractivity contribution in [2.75, 3.05) is 0 Å². The van der Waals surface area contributed by atoms with Crippen LogP contribution in [0, 0.1) is 29.6 Å². The molecule has 2 N–H and O–H groups in total. The van der Waals surface area contributed by atoms with E-state index in [2.05, 4.69) is 6.07 Å². The lowest BCUT2D eigenvalue weighted by Crippen LogP contribution is -2.26. The lowest BCUT2D eigenvalue weighted by molar-refractivity contribution is 0.0959. The van der Waals surface area contributed by atoms with Crippen molar-refractivity contribution in [3.63, 3.8) is 0 Å². The van der Waals surface area contributed by atoms with Gasteiger partial charge in [-0.15, -0.1) is 0 Å². The van der Waals surface area contributed by atoms with Gasteiger partial charge in [0.05, 0.1) is 17.0 Å². The molecule has 3 atom stereocenters. The lowest BCUT2D eigenvalue weighted by Gasteiger charge is -2.08. The number of Topliss-reactive ketones (excluding diaryl/α,β-unsaturated/α-hetero) is 1. The Morgan fingerprint density at radius 3 is 2.35 bits per heavy atom. The zero-order valence-corrected chi connectivity index (χ0v) is 13.5.